The highest BCUT2D eigenvalue weighted by atomic mass is 16.5. The molecule has 16 aromatic carbocycles. The van der Waals surface area contributed by atoms with Crippen LogP contribution in [0.5, 0.6) is 17.2 Å². The molecule has 4 aliphatic rings. The zero-order valence-electron chi connectivity index (χ0n) is 62.6. The molecule has 0 fully saturated rings. The third kappa shape index (κ3) is 13.8. The number of para-hydroxylation sites is 5. The Morgan fingerprint density at radius 2 is 0.514 bits per heavy atom. The molecule has 0 aliphatic carbocycles. The lowest BCUT2D eigenvalue weighted by atomic mass is 9.45. The van der Waals surface area contributed by atoms with Crippen molar-refractivity contribution in [3.8, 4) is 61.8 Å². The summed E-state index contributed by atoms with van der Waals surface area (Å²) in [5.74, 6) is 2.61. The van der Waals surface area contributed by atoms with Crippen LogP contribution in [-0.4, -0.2) is 48.7 Å². The highest BCUT2D eigenvalue weighted by Gasteiger charge is 2.42. The molecule has 0 bridgehead atoms. The largest absolute Gasteiger partial charge is 0.497 e. The van der Waals surface area contributed by atoms with Crippen LogP contribution >= 0.6 is 0 Å². The first-order valence-electron chi connectivity index (χ1n) is 38.0. The number of methoxy groups -OCH3 is 3. The molecule has 20 rings (SSSR count). The molecule has 0 amide bonds. The van der Waals surface area contributed by atoms with Crippen molar-refractivity contribution in [3.05, 3.63) is 418 Å². The van der Waals surface area contributed by atoms with Crippen LogP contribution in [0.1, 0.15) is 5.56 Å². The number of hydrogen-bond donors (Lipinski definition) is 0. The third-order valence-corrected chi connectivity index (χ3v) is 21.6. The Hall–Kier alpha value is -13.6. The Balaban J connectivity index is 0.000000108. The molecule has 111 heavy (non-hydrogen) atoms. The normalized spacial score (nSPS) is 12.4. The van der Waals surface area contributed by atoms with Crippen LogP contribution in [0.3, 0.4) is 0 Å². The topological polar surface area (TPSA) is 40.7 Å². The summed E-state index contributed by atoms with van der Waals surface area (Å²) in [5.41, 5.74) is 31.2. The first-order chi connectivity index (χ1) is 54.9. The van der Waals surface area contributed by atoms with Gasteiger partial charge in [0.25, 0.3) is 0 Å². The number of fused-ring (bicyclic) bond motifs is 12. The van der Waals surface area contributed by atoms with Gasteiger partial charge in [0.2, 0.25) is 0 Å². The summed E-state index contributed by atoms with van der Waals surface area (Å²) in [6.45, 7) is 2.56. The Kier molecular flexibility index (Phi) is 20.3. The van der Waals surface area contributed by atoms with Gasteiger partial charge in [0.1, 0.15) is 17.2 Å². The predicted molar refractivity (Wildman–Crippen MR) is 472 cm³/mol. The fraction of sp³-hybridized carbons (Fsp3) is 0.0400. The second kappa shape index (κ2) is 32.1. The molecule has 0 N–H and O–H groups in total. The predicted octanol–water partition coefficient (Wildman–Crippen LogP) is 18.8. The van der Waals surface area contributed by atoms with Gasteiger partial charge in [-0.3, -0.25) is 0 Å². The summed E-state index contributed by atoms with van der Waals surface area (Å²) in [6.07, 6.45) is 0. The van der Waals surface area contributed by atoms with Gasteiger partial charge >= 0.3 is 27.4 Å². The van der Waals surface area contributed by atoms with Gasteiger partial charge < -0.3 is 33.5 Å². The van der Waals surface area contributed by atoms with Gasteiger partial charge in [0.05, 0.1) is 27.0 Å². The molecule has 0 aromatic heterocycles. The third-order valence-electron chi connectivity index (χ3n) is 21.6. The van der Waals surface area contributed by atoms with Crippen molar-refractivity contribution < 1.29 is 14.2 Å². The van der Waals surface area contributed by atoms with E-state index in [-0.39, 0.29) is 27.4 Å². The molecule has 0 saturated heterocycles. The SMILES string of the molecule is COc1ccc2c(c1)N(c1ccccc1)B(c1ccccc1)c1ccccc1-2.COc1cccc(N2B(c3ccccc3)c3ccccc3-c3ccccc32)c1.COc1cccc2c1N(c1ccccc1)B(c1ccccc1)c1ccccc1-2.Cc1ccc(N2B(c3ccccc3)c3ccccc3-c3ccccc32)cc1. The van der Waals surface area contributed by atoms with Gasteiger partial charge in [-0.15, -0.1) is 0 Å². The van der Waals surface area contributed by atoms with E-state index in [4.69, 9.17) is 14.2 Å². The van der Waals surface area contributed by atoms with E-state index >= 15 is 0 Å². The van der Waals surface area contributed by atoms with Crippen LogP contribution in [0.2, 0.25) is 0 Å². The molecule has 0 spiro atoms. The number of hydrogen-bond acceptors (Lipinski definition) is 7. The van der Waals surface area contributed by atoms with E-state index in [1.54, 1.807) is 21.3 Å². The van der Waals surface area contributed by atoms with Crippen LogP contribution in [0.25, 0.3) is 44.5 Å². The maximum absolute atomic E-state index is 5.82. The summed E-state index contributed by atoms with van der Waals surface area (Å²) in [6, 6.07) is 146. The van der Waals surface area contributed by atoms with E-state index in [1.807, 2.05) is 18.2 Å². The lowest BCUT2D eigenvalue weighted by Gasteiger charge is -2.39. The molecular weight excluding hydrogens is 1350 g/mol. The number of ether oxygens (including phenoxy) is 3. The highest BCUT2D eigenvalue weighted by Crippen LogP contribution is 2.47. The first-order valence-corrected chi connectivity index (χ1v) is 38.0. The monoisotopic (exact) mass is 1430 g/mol. The van der Waals surface area contributed by atoms with E-state index in [0.717, 1.165) is 40.0 Å². The Labute approximate surface area is 654 Å². The maximum Gasteiger partial charge on any atom is 0.328 e. The van der Waals surface area contributed by atoms with Crippen molar-refractivity contribution in [3.63, 3.8) is 0 Å². The minimum Gasteiger partial charge on any atom is -0.497 e. The Morgan fingerprint density at radius 3 is 0.946 bits per heavy atom. The molecule has 0 unspecified atom stereocenters. The van der Waals surface area contributed by atoms with Crippen molar-refractivity contribution >= 4 is 117 Å². The van der Waals surface area contributed by atoms with Crippen LogP contribution in [-0.2, 0) is 0 Å². The highest BCUT2D eigenvalue weighted by molar-refractivity contribution is 6.93. The zero-order chi connectivity index (χ0) is 75.0. The zero-order valence-corrected chi connectivity index (χ0v) is 62.6. The number of nitrogens with zero attached hydrogens (tertiary/aromatic N) is 4. The van der Waals surface area contributed by atoms with Crippen molar-refractivity contribution in [1.29, 1.82) is 0 Å². The number of benzene rings is 16. The first kappa shape index (κ1) is 70.4. The quantitative estimate of drug-likeness (QED) is 0.120. The molecule has 7 nitrogen and oxygen atoms in total. The molecule has 0 atom stereocenters. The fourth-order valence-electron chi connectivity index (χ4n) is 16.7. The fourth-order valence-corrected chi connectivity index (χ4v) is 16.7. The standard InChI is InChI=1S/3C25H20BNO.C25H20BN/c1-28-24-18-10-16-22-21-15-8-9-17-23(21)26(19-11-4-2-5-12-19)27(25(22)24)20-13-6-3-7-14-20;1-28-21-16-17-23-22-14-8-9-15-24(22)26(19-10-4-2-5-11-19)27(25(23)18-21)20-12-6-3-7-13-20;1-28-21-13-9-12-20(18-21)27-25-17-8-6-15-23(25)22-14-5-7-16-24(22)26(27)19-10-3-2-4-11-19;1-19-15-17-21(18-16-19)27-25-14-8-6-12-23(25)22-11-5-7-13-24(22)26(27)20-9-3-2-4-10-20/h3*2-18H,1H3;2-18H,1H3. The number of anilines is 8. The van der Waals surface area contributed by atoms with Crippen LogP contribution < -0.4 is 77.2 Å². The number of rotatable bonds is 11. The molecule has 0 saturated carbocycles. The van der Waals surface area contributed by atoms with Crippen LogP contribution in [0.4, 0.5) is 45.5 Å². The molecule has 16 aromatic rings. The summed E-state index contributed by atoms with van der Waals surface area (Å²) in [5, 5.41) is 0. The van der Waals surface area contributed by atoms with E-state index in [9.17, 15) is 0 Å². The van der Waals surface area contributed by atoms with E-state index in [1.165, 1.54) is 117 Å². The molecule has 4 heterocycles. The Morgan fingerprint density at radius 1 is 0.207 bits per heavy atom. The average Bonchev–Trinajstić information content (AvgIpc) is 0.753. The number of aryl methyl sites for hydroxylation is 1. The molecule has 11 heteroatoms. The maximum atomic E-state index is 5.82. The van der Waals surface area contributed by atoms with E-state index in [0.29, 0.717) is 0 Å². The minimum atomic E-state index is 0.0728. The van der Waals surface area contributed by atoms with Crippen LogP contribution in [0.15, 0.2) is 413 Å². The lowest BCUT2D eigenvalue weighted by Crippen LogP contribution is -2.57. The van der Waals surface area contributed by atoms with Gasteiger partial charge in [-0.25, -0.2) is 0 Å². The average molecular weight is 1430 g/mol. The van der Waals surface area contributed by atoms with Crippen molar-refractivity contribution in [2.24, 2.45) is 0 Å². The summed E-state index contributed by atoms with van der Waals surface area (Å²) >= 11 is 0. The van der Waals surface area contributed by atoms with Crippen molar-refractivity contribution in [1.82, 2.24) is 0 Å². The molecule has 0 radical (unpaired) electrons. The second-order valence-electron chi connectivity index (χ2n) is 28.1. The van der Waals surface area contributed by atoms with Gasteiger partial charge in [-0.05, 0) is 130 Å². The van der Waals surface area contributed by atoms with Crippen molar-refractivity contribution in [2.45, 2.75) is 6.92 Å². The molecule has 4 aliphatic heterocycles. The smallest absolute Gasteiger partial charge is 0.328 e. The van der Waals surface area contributed by atoms with E-state index in [2.05, 4.69) is 420 Å². The summed E-state index contributed by atoms with van der Waals surface area (Å²) < 4.78 is 16.9. The van der Waals surface area contributed by atoms with Crippen LogP contribution in [0, 0.1) is 6.92 Å². The Bertz CT molecular complexity index is 5850. The minimum absolute atomic E-state index is 0.0728. The second-order valence-corrected chi connectivity index (χ2v) is 28.1. The van der Waals surface area contributed by atoms with Gasteiger partial charge in [0.15, 0.2) is 0 Å². The summed E-state index contributed by atoms with van der Waals surface area (Å²) in [4.78, 5) is 9.74. The summed E-state index contributed by atoms with van der Waals surface area (Å²) in [7, 11) is 5.18. The lowest BCUT2D eigenvalue weighted by molar-refractivity contribution is 0.415. The van der Waals surface area contributed by atoms with Gasteiger partial charge in [-0.1, -0.05) is 349 Å². The van der Waals surface area contributed by atoms with Crippen molar-refractivity contribution in [2.75, 3.05) is 40.6 Å². The molecule has 530 valence electrons. The molecular formula is C100H80B4N4O3. The van der Waals surface area contributed by atoms with Gasteiger partial charge in [0, 0.05) is 74.2 Å². The van der Waals surface area contributed by atoms with Gasteiger partial charge in [-0.2, -0.15) is 0 Å². The van der Waals surface area contributed by atoms with E-state index < -0.39 is 0 Å².